The highest BCUT2D eigenvalue weighted by Crippen LogP contribution is 2.44. The first-order valence-electron chi connectivity index (χ1n) is 25.9. The summed E-state index contributed by atoms with van der Waals surface area (Å²) in [4.78, 5) is 78.1. The quantitative estimate of drug-likeness (QED) is 0.0718. The fourth-order valence-electron chi connectivity index (χ4n) is 12.1. The van der Waals surface area contributed by atoms with Crippen LogP contribution in [0, 0.1) is 23.4 Å². The van der Waals surface area contributed by atoms with Crippen LogP contribution in [0.1, 0.15) is 111 Å². The molecule has 2 N–H and O–H groups in total. The highest BCUT2D eigenvalue weighted by atomic mass is 19.1. The summed E-state index contributed by atoms with van der Waals surface area (Å²) in [6.07, 6.45) is 10.5. The number of piperazine rings is 1. The maximum atomic E-state index is 15.9. The fraction of sp³-hybridized carbons (Fsp3) is 0.439. The number of carbonyl (C=O) groups is 4. The van der Waals surface area contributed by atoms with E-state index >= 15 is 8.78 Å². The number of carbonyl (C=O) groups excluding carboxylic acids is 4. The third kappa shape index (κ3) is 9.53. The SMILES string of the molecule is CNc1cc(=O)n(-c2ccnc3c2cc([C@H](C)N2CC=C(c4c(F)cc(C(=O)C=C5CCC(CN6CCN(Cc7ccc8c(c7)C(C)(C)C(=O)N8C7CCC(=O)NC7=O)CC6C)CC5)cc4F)CC2)n3C)cc1F. The van der Waals surface area contributed by atoms with Crippen LogP contribution in [0.25, 0.3) is 22.3 Å². The third-order valence-corrected chi connectivity index (χ3v) is 16.4. The van der Waals surface area contributed by atoms with Crippen LogP contribution >= 0.6 is 0 Å². The van der Waals surface area contributed by atoms with Crippen LogP contribution in [0.2, 0.25) is 0 Å². The zero-order valence-corrected chi connectivity index (χ0v) is 42.9. The van der Waals surface area contributed by atoms with Crippen LogP contribution in [0.4, 0.5) is 24.5 Å². The van der Waals surface area contributed by atoms with E-state index in [0.29, 0.717) is 60.2 Å². The van der Waals surface area contributed by atoms with E-state index in [1.165, 1.54) is 16.8 Å². The highest BCUT2D eigenvalue weighted by Gasteiger charge is 2.49. The molecule has 3 atom stereocenters. The molecule has 7 heterocycles. The molecule has 0 bridgehead atoms. The van der Waals surface area contributed by atoms with Gasteiger partial charge in [0.2, 0.25) is 17.7 Å². The second-order valence-corrected chi connectivity index (χ2v) is 21.5. The van der Waals surface area contributed by atoms with E-state index < -0.39 is 46.2 Å². The van der Waals surface area contributed by atoms with Crippen molar-refractivity contribution in [2.75, 3.05) is 56.5 Å². The normalized spacial score (nSPS) is 22.2. The van der Waals surface area contributed by atoms with Crippen LogP contribution in [-0.2, 0) is 33.4 Å². The standard InChI is InChI=1S/C57H64F3N9O5/c1-33-29-65(30-37-11-12-47-41(23-37)57(3,4)56(74)69(47)48-13-14-51(71)63-55(48)73)21-22-67(33)31-36-9-7-35(8-10-36)24-50(70)39-25-42(58)53(43(59)26-39)38-16-19-66(20-17-38)34(2)49-27-40-46(15-18-62-54(40)64(49)6)68-32-44(60)45(61-5)28-52(68)72/h11-12,15-16,18,23-28,32-34,36,48,61H,7-10,13-14,17,19-22,29-31H2,1-6H3,(H,63,71,73)/t33?,34-,36?,48?/m0/s1. The Bertz CT molecular complexity index is 3200. The van der Waals surface area contributed by atoms with Gasteiger partial charge in [-0.1, -0.05) is 23.8 Å². The summed E-state index contributed by atoms with van der Waals surface area (Å²) < 4.78 is 49.7. The minimum absolute atomic E-state index is 0.00487. The zero-order valence-electron chi connectivity index (χ0n) is 42.9. The van der Waals surface area contributed by atoms with Crippen molar-refractivity contribution in [3.8, 4) is 5.69 Å². The lowest BCUT2D eigenvalue weighted by molar-refractivity contribution is -0.136. The van der Waals surface area contributed by atoms with Crippen molar-refractivity contribution in [1.82, 2.24) is 34.1 Å². The van der Waals surface area contributed by atoms with Crippen LogP contribution < -0.4 is 21.1 Å². The number of benzene rings is 2. The number of allylic oxidation sites excluding steroid dienone is 2. The number of aromatic nitrogens is 3. The summed E-state index contributed by atoms with van der Waals surface area (Å²) in [6, 6.07) is 12.8. The van der Waals surface area contributed by atoms with E-state index in [2.05, 4.69) is 43.3 Å². The lowest BCUT2D eigenvalue weighted by atomic mass is 9.84. The Morgan fingerprint density at radius 2 is 1.68 bits per heavy atom. The van der Waals surface area contributed by atoms with Gasteiger partial charge in [-0.05, 0) is 125 Å². The molecule has 2 saturated heterocycles. The summed E-state index contributed by atoms with van der Waals surface area (Å²) in [5.41, 5.74) is 5.14. The summed E-state index contributed by atoms with van der Waals surface area (Å²) in [5, 5.41) is 5.77. The van der Waals surface area contributed by atoms with Gasteiger partial charge in [0.05, 0.1) is 23.0 Å². The number of imide groups is 1. The van der Waals surface area contributed by atoms with Crippen LogP contribution in [0.15, 0.2) is 83.4 Å². The van der Waals surface area contributed by atoms with Gasteiger partial charge in [-0.25, -0.2) is 18.2 Å². The molecule has 74 heavy (non-hydrogen) atoms. The molecule has 5 aliphatic rings. The number of piperidine rings is 1. The second kappa shape index (κ2) is 20.2. The molecule has 0 radical (unpaired) electrons. The van der Waals surface area contributed by atoms with Crippen molar-refractivity contribution in [3.63, 3.8) is 0 Å². The van der Waals surface area contributed by atoms with Crippen LogP contribution in [-0.4, -0.2) is 111 Å². The molecule has 3 fully saturated rings. The predicted molar refractivity (Wildman–Crippen MR) is 279 cm³/mol. The topological polar surface area (TPSA) is 145 Å². The first-order valence-corrected chi connectivity index (χ1v) is 25.9. The zero-order chi connectivity index (χ0) is 52.3. The molecule has 1 saturated carbocycles. The molecule has 0 spiro atoms. The van der Waals surface area contributed by atoms with Crippen molar-refractivity contribution in [3.05, 3.63) is 134 Å². The van der Waals surface area contributed by atoms with E-state index in [1.807, 2.05) is 56.7 Å². The Labute approximate surface area is 428 Å². The van der Waals surface area contributed by atoms with Crippen molar-refractivity contribution in [2.24, 2.45) is 13.0 Å². The molecular weight excluding hydrogens is 948 g/mol. The predicted octanol–water partition coefficient (Wildman–Crippen LogP) is 7.97. The van der Waals surface area contributed by atoms with E-state index in [4.69, 9.17) is 0 Å². The Hall–Kier alpha value is -6.69. The molecule has 17 heteroatoms. The Balaban J connectivity index is 0.716. The van der Waals surface area contributed by atoms with Gasteiger partial charge < -0.3 is 9.88 Å². The largest absolute Gasteiger partial charge is 0.386 e. The first-order chi connectivity index (χ1) is 35.4. The molecule has 4 aliphatic heterocycles. The number of fused-ring (bicyclic) bond motifs is 2. The third-order valence-electron chi connectivity index (χ3n) is 16.4. The number of nitrogens with zero attached hydrogens (tertiary/aromatic N) is 7. The molecular formula is C57H64F3N9O5. The molecule has 2 aromatic carbocycles. The smallest absolute Gasteiger partial charge is 0.257 e. The van der Waals surface area contributed by atoms with Crippen molar-refractivity contribution in [1.29, 1.82) is 0 Å². The lowest BCUT2D eigenvalue weighted by Crippen LogP contribution is -2.55. The van der Waals surface area contributed by atoms with Gasteiger partial charge in [-0.3, -0.25) is 53.5 Å². The number of anilines is 2. The Morgan fingerprint density at radius 3 is 2.36 bits per heavy atom. The van der Waals surface area contributed by atoms with Gasteiger partial charge in [0, 0.05) is 119 Å². The van der Waals surface area contributed by atoms with E-state index in [1.54, 1.807) is 30.3 Å². The average molecular weight is 1010 g/mol. The molecule has 2 unspecified atom stereocenters. The number of ketones is 1. The van der Waals surface area contributed by atoms with E-state index in [-0.39, 0.29) is 41.1 Å². The number of amides is 3. The number of nitrogens with one attached hydrogen (secondary N) is 2. The number of halogens is 3. The molecule has 14 nitrogen and oxygen atoms in total. The number of pyridine rings is 2. The highest BCUT2D eigenvalue weighted by molar-refractivity contribution is 6.13. The number of aryl methyl sites for hydroxylation is 1. The van der Waals surface area contributed by atoms with E-state index in [0.717, 1.165) is 98.6 Å². The van der Waals surface area contributed by atoms with Gasteiger partial charge >= 0.3 is 0 Å². The maximum absolute atomic E-state index is 15.9. The Kier molecular flexibility index (Phi) is 13.9. The molecule has 388 valence electrons. The van der Waals surface area contributed by atoms with E-state index in [9.17, 15) is 28.4 Å². The molecule has 1 aliphatic carbocycles. The van der Waals surface area contributed by atoms with Crippen molar-refractivity contribution < 1.29 is 32.3 Å². The monoisotopic (exact) mass is 1010 g/mol. The van der Waals surface area contributed by atoms with Crippen LogP contribution in [0.3, 0.4) is 0 Å². The van der Waals surface area contributed by atoms with Crippen LogP contribution in [0.5, 0.6) is 0 Å². The average Bonchev–Trinajstić information content (AvgIpc) is 3.82. The summed E-state index contributed by atoms with van der Waals surface area (Å²) in [5.74, 6) is -2.87. The molecule has 5 aromatic rings. The molecule has 3 aromatic heterocycles. The minimum atomic E-state index is -0.797. The van der Waals surface area contributed by atoms with Gasteiger partial charge in [0.1, 0.15) is 23.3 Å². The fourth-order valence-corrected chi connectivity index (χ4v) is 12.1. The van der Waals surface area contributed by atoms with Gasteiger partial charge in [-0.15, -0.1) is 0 Å². The van der Waals surface area contributed by atoms with Gasteiger partial charge in [0.25, 0.3) is 5.56 Å². The summed E-state index contributed by atoms with van der Waals surface area (Å²) in [6.45, 7) is 13.5. The van der Waals surface area contributed by atoms with Crippen molar-refractivity contribution in [2.45, 2.75) is 103 Å². The van der Waals surface area contributed by atoms with Crippen molar-refractivity contribution >= 4 is 51.5 Å². The number of hydrogen-bond acceptors (Lipinski definition) is 10. The Morgan fingerprint density at radius 1 is 0.919 bits per heavy atom. The summed E-state index contributed by atoms with van der Waals surface area (Å²) in [7, 11) is 3.44. The molecule has 3 amide bonds. The second-order valence-electron chi connectivity index (χ2n) is 21.5. The first kappa shape index (κ1) is 50.8. The number of rotatable bonds is 12. The van der Waals surface area contributed by atoms with Gasteiger partial charge in [0.15, 0.2) is 11.6 Å². The van der Waals surface area contributed by atoms with Gasteiger partial charge in [-0.2, -0.15) is 0 Å². The summed E-state index contributed by atoms with van der Waals surface area (Å²) >= 11 is 0. The maximum Gasteiger partial charge on any atom is 0.257 e. The molecule has 10 rings (SSSR count). The lowest BCUT2D eigenvalue weighted by Gasteiger charge is -2.42. The number of hydrogen-bond donors (Lipinski definition) is 2. The minimum Gasteiger partial charge on any atom is -0.386 e.